The lowest BCUT2D eigenvalue weighted by Gasteiger charge is -2.20. The zero-order valence-corrected chi connectivity index (χ0v) is 14.9. The maximum absolute atomic E-state index is 12.7. The highest BCUT2D eigenvalue weighted by Gasteiger charge is 2.23. The van der Waals surface area contributed by atoms with Crippen molar-refractivity contribution in [3.8, 4) is 16.9 Å². The number of esters is 1. The fourth-order valence-electron chi connectivity index (χ4n) is 3.62. The highest BCUT2D eigenvalue weighted by Crippen LogP contribution is 2.36. The third-order valence-corrected chi connectivity index (χ3v) is 5.13. The highest BCUT2D eigenvalue weighted by atomic mass is 16.5. The lowest BCUT2D eigenvalue weighted by atomic mass is 9.90. The van der Waals surface area contributed by atoms with Crippen LogP contribution in [0.5, 0.6) is 5.75 Å². The van der Waals surface area contributed by atoms with Crippen LogP contribution in [0.25, 0.3) is 21.9 Å². The van der Waals surface area contributed by atoms with Gasteiger partial charge in [0.25, 0.3) is 0 Å². The van der Waals surface area contributed by atoms with E-state index >= 15 is 0 Å². The molecule has 0 radical (unpaired) electrons. The molecule has 0 saturated heterocycles. The van der Waals surface area contributed by atoms with Gasteiger partial charge in [0.2, 0.25) is 0 Å². The second-order valence-corrected chi connectivity index (χ2v) is 6.97. The SMILES string of the molecule is CC1=CCC(C(=O)Oc2cccc3cccc(-c4ccccc4)c23)CC1. The molecule has 0 amide bonds. The molecule has 0 N–H and O–H groups in total. The molecule has 2 heteroatoms. The minimum absolute atomic E-state index is 0.0437. The minimum atomic E-state index is -0.121. The summed E-state index contributed by atoms with van der Waals surface area (Å²) in [4.78, 5) is 12.7. The van der Waals surface area contributed by atoms with Crippen molar-refractivity contribution in [2.45, 2.75) is 26.2 Å². The van der Waals surface area contributed by atoms with Crippen LogP contribution in [-0.4, -0.2) is 5.97 Å². The van der Waals surface area contributed by atoms with Crippen molar-refractivity contribution in [3.05, 3.63) is 78.4 Å². The van der Waals surface area contributed by atoms with Gasteiger partial charge in [0.1, 0.15) is 5.75 Å². The zero-order chi connectivity index (χ0) is 17.9. The van der Waals surface area contributed by atoms with Crippen LogP contribution in [0.4, 0.5) is 0 Å². The second kappa shape index (κ2) is 7.17. The van der Waals surface area contributed by atoms with E-state index in [0.29, 0.717) is 5.75 Å². The molecule has 1 atom stereocenters. The van der Waals surface area contributed by atoms with Crippen LogP contribution >= 0.6 is 0 Å². The quantitative estimate of drug-likeness (QED) is 0.324. The molecule has 0 saturated carbocycles. The van der Waals surface area contributed by atoms with Crippen molar-refractivity contribution in [3.63, 3.8) is 0 Å². The molecule has 0 heterocycles. The lowest BCUT2D eigenvalue weighted by Crippen LogP contribution is -2.22. The molecule has 1 aliphatic carbocycles. The molecule has 0 spiro atoms. The summed E-state index contributed by atoms with van der Waals surface area (Å²) in [6.07, 6.45) is 4.79. The molecule has 2 nitrogen and oxygen atoms in total. The van der Waals surface area contributed by atoms with Crippen LogP contribution in [-0.2, 0) is 4.79 Å². The van der Waals surface area contributed by atoms with Crippen molar-refractivity contribution in [1.82, 2.24) is 0 Å². The first-order valence-corrected chi connectivity index (χ1v) is 9.17. The van der Waals surface area contributed by atoms with Gasteiger partial charge < -0.3 is 4.74 Å². The predicted octanol–water partition coefficient (Wildman–Crippen LogP) is 6.16. The van der Waals surface area contributed by atoms with Crippen LogP contribution in [0.1, 0.15) is 26.2 Å². The molecular weight excluding hydrogens is 320 g/mol. The van der Waals surface area contributed by atoms with Gasteiger partial charge in [-0.1, -0.05) is 72.3 Å². The Morgan fingerprint density at radius 1 is 0.962 bits per heavy atom. The average Bonchev–Trinajstić information content (AvgIpc) is 2.69. The van der Waals surface area contributed by atoms with Crippen molar-refractivity contribution in [2.75, 3.05) is 0 Å². The van der Waals surface area contributed by atoms with Crippen LogP contribution in [0.3, 0.4) is 0 Å². The molecule has 0 aliphatic heterocycles. The second-order valence-electron chi connectivity index (χ2n) is 6.97. The highest BCUT2D eigenvalue weighted by molar-refractivity contribution is 6.02. The van der Waals surface area contributed by atoms with E-state index in [2.05, 4.69) is 43.3 Å². The molecule has 1 aliphatic rings. The third-order valence-electron chi connectivity index (χ3n) is 5.13. The van der Waals surface area contributed by atoms with E-state index in [-0.39, 0.29) is 11.9 Å². The summed E-state index contributed by atoms with van der Waals surface area (Å²) in [5.41, 5.74) is 3.58. The third kappa shape index (κ3) is 3.28. The lowest BCUT2D eigenvalue weighted by molar-refractivity contribution is -0.139. The number of carbonyl (C=O) groups excluding carboxylic acids is 1. The van der Waals surface area contributed by atoms with Gasteiger partial charge in [0, 0.05) is 5.39 Å². The Bertz CT molecular complexity index is 965. The molecule has 3 aromatic rings. The van der Waals surface area contributed by atoms with Gasteiger partial charge in [-0.3, -0.25) is 4.79 Å². The molecule has 130 valence electrons. The normalized spacial score (nSPS) is 17.0. The van der Waals surface area contributed by atoms with E-state index in [9.17, 15) is 4.79 Å². The average molecular weight is 342 g/mol. The van der Waals surface area contributed by atoms with Gasteiger partial charge >= 0.3 is 5.97 Å². The Morgan fingerprint density at radius 3 is 2.46 bits per heavy atom. The van der Waals surface area contributed by atoms with E-state index in [1.165, 1.54) is 5.57 Å². The summed E-state index contributed by atoms with van der Waals surface area (Å²) in [5.74, 6) is 0.486. The van der Waals surface area contributed by atoms with Gasteiger partial charge in [-0.2, -0.15) is 0 Å². The van der Waals surface area contributed by atoms with E-state index in [1.807, 2.05) is 36.4 Å². The minimum Gasteiger partial charge on any atom is -0.426 e. The number of ether oxygens (including phenoxy) is 1. The molecule has 0 bridgehead atoms. The maximum atomic E-state index is 12.7. The van der Waals surface area contributed by atoms with Crippen molar-refractivity contribution >= 4 is 16.7 Å². The number of carbonyl (C=O) groups is 1. The number of rotatable bonds is 3. The van der Waals surface area contributed by atoms with Gasteiger partial charge in [-0.25, -0.2) is 0 Å². The number of fused-ring (bicyclic) bond motifs is 1. The first-order chi connectivity index (χ1) is 12.7. The molecule has 3 aromatic carbocycles. The smallest absolute Gasteiger partial charge is 0.314 e. The molecular formula is C24H22O2. The van der Waals surface area contributed by atoms with Gasteiger partial charge in [0.05, 0.1) is 5.92 Å². The van der Waals surface area contributed by atoms with Crippen molar-refractivity contribution in [1.29, 1.82) is 0 Å². The van der Waals surface area contributed by atoms with Crippen LogP contribution in [0.15, 0.2) is 78.4 Å². The first-order valence-electron chi connectivity index (χ1n) is 9.17. The van der Waals surface area contributed by atoms with Gasteiger partial charge in [-0.05, 0) is 48.8 Å². The Balaban J connectivity index is 1.73. The summed E-state index contributed by atoms with van der Waals surface area (Å²) in [6.45, 7) is 2.12. The fourth-order valence-corrected chi connectivity index (χ4v) is 3.62. The summed E-state index contributed by atoms with van der Waals surface area (Å²) >= 11 is 0. The van der Waals surface area contributed by atoms with Crippen LogP contribution < -0.4 is 4.74 Å². The molecule has 0 fully saturated rings. The molecule has 4 rings (SSSR count). The van der Waals surface area contributed by atoms with E-state index in [0.717, 1.165) is 41.2 Å². The Labute approximate surface area is 154 Å². The zero-order valence-electron chi connectivity index (χ0n) is 14.9. The monoisotopic (exact) mass is 342 g/mol. The van der Waals surface area contributed by atoms with Gasteiger partial charge in [-0.15, -0.1) is 0 Å². The number of allylic oxidation sites excluding steroid dienone is 2. The summed E-state index contributed by atoms with van der Waals surface area (Å²) in [5, 5.41) is 2.08. The standard InChI is InChI=1S/C24H22O2/c1-17-13-15-20(16-14-17)24(25)26-22-12-6-10-19-9-5-11-21(23(19)22)18-7-3-2-4-8-18/h2-13,20H,14-16H2,1H3. The maximum Gasteiger partial charge on any atom is 0.314 e. The topological polar surface area (TPSA) is 26.3 Å². The molecule has 0 aromatic heterocycles. The Kier molecular flexibility index (Phi) is 4.57. The van der Waals surface area contributed by atoms with Crippen molar-refractivity contribution < 1.29 is 9.53 Å². The van der Waals surface area contributed by atoms with E-state index in [4.69, 9.17) is 4.74 Å². The molecule has 1 unspecified atom stereocenters. The van der Waals surface area contributed by atoms with E-state index in [1.54, 1.807) is 0 Å². The van der Waals surface area contributed by atoms with Crippen LogP contribution in [0.2, 0.25) is 0 Å². The Hall–Kier alpha value is -2.87. The van der Waals surface area contributed by atoms with Crippen LogP contribution in [0, 0.1) is 5.92 Å². The summed E-state index contributed by atoms with van der Waals surface area (Å²) in [6, 6.07) is 22.3. The largest absolute Gasteiger partial charge is 0.426 e. The number of hydrogen-bond acceptors (Lipinski definition) is 2. The summed E-state index contributed by atoms with van der Waals surface area (Å²) in [7, 11) is 0. The number of benzene rings is 3. The van der Waals surface area contributed by atoms with E-state index < -0.39 is 0 Å². The fraction of sp³-hybridized carbons (Fsp3) is 0.208. The van der Waals surface area contributed by atoms with Gasteiger partial charge in [0.15, 0.2) is 0 Å². The molecule has 26 heavy (non-hydrogen) atoms. The Morgan fingerprint density at radius 2 is 1.73 bits per heavy atom. The first kappa shape index (κ1) is 16.6. The predicted molar refractivity (Wildman–Crippen MR) is 106 cm³/mol. The number of hydrogen-bond donors (Lipinski definition) is 0. The summed E-state index contributed by atoms with van der Waals surface area (Å²) < 4.78 is 5.90. The van der Waals surface area contributed by atoms with Crippen molar-refractivity contribution in [2.24, 2.45) is 5.92 Å².